The lowest BCUT2D eigenvalue weighted by molar-refractivity contribution is 1.36. The van der Waals surface area contributed by atoms with Crippen molar-refractivity contribution in [3.05, 3.63) is 6.07 Å². The van der Waals surface area contributed by atoms with Gasteiger partial charge in [0.25, 0.3) is 0 Å². The van der Waals surface area contributed by atoms with Crippen LogP contribution in [0.4, 0.5) is 10.9 Å². The first-order chi connectivity index (χ1) is 4.75. The van der Waals surface area contributed by atoms with Crippen LogP contribution in [0.25, 0.3) is 10.3 Å². The molecule has 2 aromatic heterocycles. The maximum Gasteiger partial charge on any atom is 0.199 e. The minimum absolute atomic E-state index is 0.446. The van der Waals surface area contributed by atoms with Gasteiger partial charge in [0.2, 0.25) is 0 Å². The van der Waals surface area contributed by atoms with Crippen molar-refractivity contribution < 1.29 is 0 Å². The topological polar surface area (TPSA) is 80.7 Å². The van der Waals surface area contributed by atoms with E-state index in [-0.39, 0.29) is 0 Å². The summed E-state index contributed by atoms with van der Waals surface area (Å²) in [4.78, 5) is 7.74. The maximum atomic E-state index is 5.50. The fraction of sp³-hybridized carbons (Fsp3) is 0. The van der Waals surface area contributed by atoms with Gasteiger partial charge >= 0.3 is 0 Å². The highest BCUT2D eigenvalue weighted by Crippen LogP contribution is 2.25. The first-order valence-corrected chi connectivity index (χ1v) is 3.58. The summed E-state index contributed by atoms with van der Waals surface area (Å²) >= 11 is 1.43. The summed E-state index contributed by atoms with van der Waals surface area (Å²) in [6.07, 6.45) is 0. The molecule has 10 heavy (non-hydrogen) atoms. The molecule has 0 radical (unpaired) electrons. The molecule has 0 saturated carbocycles. The molecule has 0 aliphatic rings. The number of imidazole rings is 1. The van der Waals surface area contributed by atoms with Gasteiger partial charge < -0.3 is 16.5 Å². The zero-order valence-corrected chi connectivity index (χ0v) is 5.90. The van der Waals surface area contributed by atoms with Crippen LogP contribution < -0.4 is 11.5 Å². The summed E-state index contributed by atoms with van der Waals surface area (Å²) in [7, 11) is 0. The Kier molecular flexibility index (Phi) is 0.906. The Bertz CT molecular complexity index is 297. The summed E-state index contributed by atoms with van der Waals surface area (Å²) in [5.41, 5.74) is 11.8. The Balaban J connectivity index is 2.83. The number of hydrogen-bond acceptors (Lipinski definition) is 4. The number of thiophene rings is 1. The smallest absolute Gasteiger partial charge is 0.199 e. The van der Waals surface area contributed by atoms with Crippen molar-refractivity contribution in [2.24, 2.45) is 0 Å². The van der Waals surface area contributed by atoms with Crippen LogP contribution in [0.5, 0.6) is 0 Å². The SMILES string of the molecule is Nc1nc2sc(N)cc2[nH]1. The van der Waals surface area contributed by atoms with Crippen molar-refractivity contribution in [1.29, 1.82) is 0 Å². The largest absolute Gasteiger partial charge is 0.390 e. The third kappa shape index (κ3) is 0.640. The summed E-state index contributed by atoms with van der Waals surface area (Å²) in [6, 6.07) is 1.82. The number of aromatic amines is 1. The number of nitrogens with zero attached hydrogens (tertiary/aromatic N) is 1. The van der Waals surface area contributed by atoms with Crippen LogP contribution in [0.3, 0.4) is 0 Å². The van der Waals surface area contributed by atoms with Gasteiger partial charge in [-0.05, 0) is 6.07 Å². The maximum absolute atomic E-state index is 5.50. The van der Waals surface area contributed by atoms with Gasteiger partial charge in [0.05, 0.1) is 10.5 Å². The van der Waals surface area contributed by atoms with E-state index in [0.29, 0.717) is 5.95 Å². The van der Waals surface area contributed by atoms with E-state index in [0.717, 1.165) is 15.3 Å². The van der Waals surface area contributed by atoms with E-state index in [4.69, 9.17) is 11.5 Å². The van der Waals surface area contributed by atoms with Crippen molar-refractivity contribution in [1.82, 2.24) is 9.97 Å². The molecule has 0 spiro atoms. The highest BCUT2D eigenvalue weighted by molar-refractivity contribution is 7.22. The van der Waals surface area contributed by atoms with Crippen LogP contribution in [0, 0.1) is 0 Å². The van der Waals surface area contributed by atoms with Crippen LogP contribution in [-0.4, -0.2) is 9.97 Å². The first-order valence-electron chi connectivity index (χ1n) is 2.76. The van der Waals surface area contributed by atoms with E-state index in [2.05, 4.69) is 9.97 Å². The second-order valence-electron chi connectivity index (χ2n) is 1.99. The van der Waals surface area contributed by atoms with Crippen molar-refractivity contribution in [3.8, 4) is 0 Å². The molecule has 2 aromatic rings. The Hall–Kier alpha value is -1.23. The minimum atomic E-state index is 0.446. The van der Waals surface area contributed by atoms with Crippen molar-refractivity contribution in [3.63, 3.8) is 0 Å². The highest BCUT2D eigenvalue weighted by Gasteiger charge is 2.01. The monoisotopic (exact) mass is 154 g/mol. The number of aromatic nitrogens is 2. The Morgan fingerprint density at radius 1 is 1.50 bits per heavy atom. The molecule has 0 amide bonds. The second kappa shape index (κ2) is 1.63. The molecule has 5 heteroatoms. The standard InChI is InChI=1S/C5H6N4S/c6-3-1-2-4(10-3)9-5(7)8-2/h1H,6H2,(H3,7,8,9). The summed E-state index contributed by atoms with van der Waals surface area (Å²) in [5, 5.41) is 0.758. The van der Waals surface area contributed by atoms with Gasteiger partial charge in [-0.15, -0.1) is 0 Å². The van der Waals surface area contributed by atoms with Crippen LogP contribution >= 0.6 is 11.3 Å². The zero-order chi connectivity index (χ0) is 7.14. The quantitative estimate of drug-likeness (QED) is 0.524. The average molecular weight is 154 g/mol. The Labute approximate surface area is 60.9 Å². The molecule has 0 fully saturated rings. The molecule has 0 aliphatic carbocycles. The molecule has 4 nitrogen and oxygen atoms in total. The van der Waals surface area contributed by atoms with Crippen molar-refractivity contribution in [2.75, 3.05) is 11.5 Å². The molecule has 0 bridgehead atoms. The highest BCUT2D eigenvalue weighted by atomic mass is 32.1. The molecule has 0 unspecified atom stereocenters. The fourth-order valence-corrected chi connectivity index (χ4v) is 1.61. The van der Waals surface area contributed by atoms with Crippen molar-refractivity contribution in [2.45, 2.75) is 0 Å². The normalized spacial score (nSPS) is 10.8. The lowest BCUT2D eigenvalue weighted by Gasteiger charge is -1.77. The molecule has 0 atom stereocenters. The molecule has 5 N–H and O–H groups in total. The van der Waals surface area contributed by atoms with Gasteiger partial charge in [-0.2, -0.15) is 0 Å². The lowest BCUT2D eigenvalue weighted by Crippen LogP contribution is -1.84. The average Bonchev–Trinajstić information content (AvgIpc) is 2.21. The summed E-state index contributed by atoms with van der Waals surface area (Å²) in [5.74, 6) is 0.446. The molecular weight excluding hydrogens is 148 g/mol. The van der Waals surface area contributed by atoms with E-state index in [1.807, 2.05) is 6.07 Å². The molecule has 2 heterocycles. The van der Waals surface area contributed by atoms with Gasteiger partial charge in [0.15, 0.2) is 5.95 Å². The minimum Gasteiger partial charge on any atom is -0.390 e. The van der Waals surface area contributed by atoms with E-state index in [1.165, 1.54) is 11.3 Å². The predicted molar refractivity (Wildman–Crippen MR) is 42.8 cm³/mol. The van der Waals surface area contributed by atoms with E-state index < -0.39 is 0 Å². The van der Waals surface area contributed by atoms with Crippen LogP contribution in [-0.2, 0) is 0 Å². The number of nitrogen functional groups attached to an aromatic ring is 2. The first kappa shape index (κ1) is 5.55. The molecule has 52 valence electrons. The number of nitrogens with two attached hydrogens (primary N) is 2. The fourth-order valence-electron chi connectivity index (χ4n) is 0.848. The third-order valence-corrected chi connectivity index (χ3v) is 2.07. The third-order valence-electron chi connectivity index (χ3n) is 1.22. The molecular formula is C5H6N4S. The number of H-pyrrole nitrogens is 1. The van der Waals surface area contributed by atoms with E-state index >= 15 is 0 Å². The number of fused-ring (bicyclic) bond motifs is 1. The van der Waals surface area contributed by atoms with Crippen LogP contribution in [0.1, 0.15) is 0 Å². The van der Waals surface area contributed by atoms with Gasteiger partial charge in [0, 0.05) is 0 Å². The van der Waals surface area contributed by atoms with Crippen molar-refractivity contribution >= 4 is 32.6 Å². The summed E-state index contributed by atoms with van der Waals surface area (Å²) in [6.45, 7) is 0. The number of rotatable bonds is 0. The zero-order valence-electron chi connectivity index (χ0n) is 5.09. The molecule has 0 aliphatic heterocycles. The molecule has 2 rings (SSSR count). The van der Waals surface area contributed by atoms with E-state index in [1.54, 1.807) is 0 Å². The van der Waals surface area contributed by atoms with Gasteiger partial charge in [-0.3, -0.25) is 0 Å². The van der Waals surface area contributed by atoms with Gasteiger partial charge in [0.1, 0.15) is 4.83 Å². The summed E-state index contributed by atoms with van der Waals surface area (Å²) < 4.78 is 0. The van der Waals surface area contributed by atoms with Gasteiger partial charge in [-0.25, -0.2) is 4.98 Å². The predicted octanol–water partition coefficient (Wildman–Crippen LogP) is 0.789. The lowest BCUT2D eigenvalue weighted by atomic mass is 10.5. The number of nitrogens with one attached hydrogen (secondary N) is 1. The Morgan fingerprint density at radius 3 is 3.00 bits per heavy atom. The molecule has 0 saturated heterocycles. The van der Waals surface area contributed by atoms with E-state index in [9.17, 15) is 0 Å². The van der Waals surface area contributed by atoms with Gasteiger partial charge in [-0.1, -0.05) is 11.3 Å². The number of anilines is 2. The molecule has 0 aromatic carbocycles. The Morgan fingerprint density at radius 2 is 2.30 bits per heavy atom. The second-order valence-corrected chi connectivity index (χ2v) is 3.05. The van der Waals surface area contributed by atoms with Crippen LogP contribution in [0.15, 0.2) is 6.07 Å². The van der Waals surface area contributed by atoms with Crippen LogP contribution in [0.2, 0.25) is 0 Å². The number of hydrogen-bond donors (Lipinski definition) is 3.